The van der Waals surface area contributed by atoms with Gasteiger partial charge in [0, 0.05) is 25.3 Å². The third-order valence-corrected chi connectivity index (χ3v) is 4.06. The van der Waals surface area contributed by atoms with Gasteiger partial charge >= 0.3 is 0 Å². The molecule has 1 aromatic rings. The molecule has 0 aromatic heterocycles. The molecule has 2 rings (SSSR count). The molecule has 3 nitrogen and oxygen atoms in total. The first-order valence-electron chi connectivity index (χ1n) is 7.14. The van der Waals surface area contributed by atoms with Crippen molar-refractivity contribution in [1.82, 2.24) is 0 Å². The van der Waals surface area contributed by atoms with Gasteiger partial charge in [0.05, 0.1) is 17.1 Å². The molecule has 0 bridgehead atoms. The van der Waals surface area contributed by atoms with Gasteiger partial charge < -0.3 is 9.64 Å². The van der Waals surface area contributed by atoms with Crippen LogP contribution in [0.4, 0.5) is 5.69 Å². The van der Waals surface area contributed by atoms with E-state index >= 15 is 0 Å². The number of hydrogen-bond donors (Lipinski definition) is 0. The van der Waals surface area contributed by atoms with Crippen molar-refractivity contribution in [3.8, 4) is 0 Å². The fourth-order valence-corrected chi connectivity index (χ4v) is 3.10. The second-order valence-corrected chi connectivity index (χ2v) is 7.03. The average Bonchev–Trinajstić information content (AvgIpc) is 2.56. The van der Waals surface area contributed by atoms with Gasteiger partial charge in [-0.1, -0.05) is 0 Å². The number of ketones is 1. The Morgan fingerprint density at radius 3 is 2.10 bits per heavy atom. The Morgan fingerprint density at radius 2 is 1.70 bits per heavy atom. The first-order chi connectivity index (χ1) is 9.12. The molecule has 0 aliphatic carbocycles. The Bertz CT molecular complexity index is 500. The Kier molecular flexibility index (Phi) is 3.67. The van der Waals surface area contributed by atoms with Crippen LogP contribution in [-0.4, -0.2) is 31.1 Å². The number of hydrogen-bond acceptors (Lipinski definition) is 3. The third kappa shape index (κ3) is 2.88. The molecule has 1 atom stereocenters. The highest BCUT2D eigenvalue weighted by molar-refractivity contribution is 5.99. The lowest BCUT2D eigenvalue weighted by atomic mass is 9.81. The van der Waals surface area contributed by atoms with Crippen LogP contribution < -0.4 is 4.90 Å². The van der Waals surface area contributed by atoms with Crippen molar-refractivity contribution in [1.29, 1.82) is 0 Å². The van der Waals surface area contributed by atoms with Crippen LogP contribution in [-0.2, 0) is 4.74 Å². The topological polar surface area (TPSA) is 29.5 Å². The molecule has 110 valence electrons. The van der Waals surface area contributed by atoms with Gasteiger partial charge in [0.1, 0.15) is 0 Å². The Labute approximate surface area is 121 Å². The molecule has 1 heterocycles. The Hall–Kier alpha value is -1.35. The standard InChI is InChI=1S/C17H25NO2/c1-16(2)11-14(17(3,4)20-16)15(19)12-7-9-13(10-8-12)18(5)6/h7-10,14H,11H2,1-6H3. The highest BCUT2D eigenvalue weighted by atomic mass is 16.5. The van der Waals surface area contributed by atoms with Crippen LogP contribution in [0.25, 0.3) is 0 Å². The summed E-state index contributed by atoms with van der Waals surface area (Å²) in [6.07, 6.45) is 0.772. The first-order valence-corrected chi connectivity index (χ1v) is 7.14. The summed E-state index contributed by atoms with van der Waals surface area (Å²) in [4.78, 5) is 14.8. The lowest BCUT2D eigenvalue weighted by Gasteiger charge is -2.26. The highest BCUT2D eigenvalue weighted by Gasteiger charge is 2.49. The summed E-state index contributed by atoms with van der Waals surface area (Å²) in [5, 5.41) is 0. The van der Waals surface area contributed by atoms with Crippen LogP contribution in [0.2, 0.25) is 0 Å². The molecular formula is C17H25NO2. The summed E-state index contributed by atoms with van der Waals surface area (Å²) in [5.41, 5.74) is 1.24. The van der Waals surface area contributed by atoms with E-state index in [4.69, 9.17) is 4.74 Å². The molecule has 1 fully saturated rings. The number of carbonyl (C=O) groups is 1. The molecular weight excluding hydrogens is 250 g/mol. The number of Topliss-reactive ketones (excluding diaryl/α,β-unsaturated/α-hetero) is 1. The predicted octanol–water partition coefficient (Wildman–Crippen LogP) is 3.53. The normalized spacial score (nSPS) is 23.6. The minimum absolute atomic E-state index is 0.0808. The molecule has 0 radical (unpaired) electrons. The van der Waals surface area contributed by atoms with Gasteiger partial charge in [-0.05, 0) is 58.4 Å². The van der Waals surface area contributed by atoms with E-state index in [1.54, 1.807) is 0 Å². The number of nitrogens with zero attached hydrogens (tertiary/aromatic N) is 1. The minimum Gasteiger partial charge on any atom is -0.378 e. The molecule has 1 aliphatic rings. The van der Waals surface area contributed by atoms with E-state index < -0.39 is 5.60 Å². The van der Waals surface area contributed by atoms with E-state index in [2.05, 4.69) is 13.8 Å². The lowest BCUT2D eigenvalue weighted by molar-refractivity contribution is -0.0712. The maximum Gasteiger partial charge on any atom is 0.168 e. The van der Waals surface area contributed by atoms with E-state index in [1.807, 2.05) is 57.1 Å². The maximum atomic E-state index is 12.7. The van der Waals surface area contributed by atoms with Crippen molar-refractivity contribution in [2.24, 2.45) is 5.92 Å². The fraction of sp³-hybridized carbons (Fsp3) is 0.588. The fourth-order valence-electron chi connectivity index (χ4n) is 3.10. The van der Waals surface area contributed by atoms with Crippen LogP contribution >= 0.6 is 0 Å². The molecule has 1 unspecified atom stereocenters. The number of rotatable bonds is 3. The smallest absolute Gasteiger partial charge is 0.168 e. The zero-order valence-corrected chi connectivity index (χ0v) is 13.4. The maximum absolute atomic E-state index is 12.7. The van der Waals surface area contributed by atoms with E-state index in [0.717, 1.165) is 17.7 Å². The van der Waals surface area contributed by atoms with Crippen LogP contribution in [0, 0.1) is 5.92 Å². The van der Waals surface area contributed by atoms with Gasteiger partial charge in [-0.3, -0.25) is 4.79 Å². The summed E-state index contributed by atoms with van der Waals surface area (Å²) in [6, 6.07) is 7.81. The van der Waals surface area contributed by atoms with Crippen molar-refractivity contribution < 1.29 is 9.53 Å². The minimum atomic E-state index is -0.402. The monoisotopic (exact) mass is 275 g/mol. The second kappa shape index (κ2) is 4.88. The summed E-state index contributed by atoms with van der Waals surface area (Å²) in [7, 11) is 3.99. The van der Waals surface area contributed by atoms with Crippen LogP contribution in [0.15, 0.2) is 24.3 Å². The van der Waals surface area contributed by atoms with Gasteiger partial charge in [-0.2, -0.15) is 0 Å². The van der Waals surface area contributed by atoms with Crippen molar-refractivity contribution in [3.05, 3.63) is 29.8 Å². The predicted molar refractivity (Wildman–Crippen MR) is 82.4 cm³/mol. The summed E-state index contributed by atoms with van der Waals surface area (Å²) in [5.74, 6) is 0.105. The van der Waals surface area contributed by atoms with Gasteiger partial charge in [-0.25, -0.2) is 0 Å². The molecule has 1 aromatic carbocycles. The van der Waals surface area contributed by atoms with Crippen LogP contribution in [0.3, 0.4) is 0 Å². The molecule has 20 heavy (non-hydrogen) atoms. The van der Waals surface area contributed by atoms with E-state index in [0.29, 0.717) is 0 Å². The summed E-state index contributed by atoms with van der Waals surface area (Å²) in [6.45, 7) is 8.13. The van der Waals surface area contributed by atoms with Gasteiger partial charge in [0.25, 0.3) is 0 Å². The van der Waals surface area contributed by atoms with Crippen molar-refractivity contribution in [2.45, 2.75) is 45.3 Å². The first kappa shape index (κ1) is 15.0. The Morgan fingerprint density at radius 1 is 1.15 bits per heavy atom. The summed E-state index contributed by atoms with van der Waals surface area (Å²) < 4.78 is 6.02. The largest absolute Gasteiger partial charge is 0.378 e. The zero-order valence-electron chi connectivity index (χ0n) is 13.4. The molecule has 1 saturated heterocycles. The average molecular weight is 275 g/mol. The molecule has 0 spiro atoms. The van der Waals surface area contributed by atoms with E-state index in [9.17, 15) is 4.79 Å². The van der Waals surface area contributed by atoms with Crippen molar-refractivity contribution in [2.75, 3.05) is 19.0 Å². The SMILES string of the molecule is CN(C)c1ccc(C(=O)C2CC(C)(C)OC2(C)C)cc1. The van der Waals surface area contributed by atoms with Crippen LogP contribution in [0.1, 0.15) is 44.5 Å². The number of ether oxygens (including phenoxy) is 1. The van der Waals surface area contributed by atoms with E-state index in [1.165, 1.54) is 0 Å². The van der Waals surface area contributed by atoms with Crippen LogP contribution in [0.5, 0.6) is 0 Å². The Balaban J connectivity index is 2.23. The number of carbonyl (C=O) groups excluding carboxylic acids is 1. The molecule has 3 heteroatoms. The van der Waals surface area contributed by atoms with Crippen molar-refractivity contribution in [3.63, 3.8) is 0 Å². The van der Waals surface area contributed by atoms with Crippen molar-refractivity contribution >= 4 is 11.5 Å². The zero-order chi connectivity index (χ0) is 15.1. The van der Waals surface area contributed by atoms with Gasteiger partial charge in [-0.15, -0.1) is 0 Å². The third-order valence-electron chi connectivity index (χ3n) is 4.06. The van der Waals surface area contributed by atoms with Gasteiger partial charge in [0.2, 0.25) is 0 Å². The molecule has 0 N–H and O–H groups in total. The highest BCUT2D eigenvalue weighted by Crippen LogP contribution is 2.43. The summed E-state index contributed by atoms with van der Waals surface area (Å²) >= 11 is 0. The molecule has 0 saturated carbocycles. The van der Waals surface area contributed by atoms with E-state index in [-0.39, 0.29) is 17.3 Å². The number of anilines is 1. The molecule has 0 amide bonds. The second-order valence-electron chi connectivity index (χ2n) is 7.03. The number of benzene rings is 1. The quantitative estimate of drug-likeness (QED) is 0.790. The van der Waals surface area contributed by atoms with Gasteiger partial charge in [0.15, 0.2) is 5.78 Å². The molecule has 1 aliphatic heterocycles. The lowest BCUT2D eigenvalue weighted by Crippen LogP contribution is -2.33.